The minimum absolute atomic E-state index is 0.00915. The first kappa shape index (κ1) is 122. The maximum atomic E-state index is 12.7. The predicted octanol–water partition coefficient (Wildman–Crippen LogP) is 9.31. The number of Topliss-reactive ketones (excluding diaryl/α,β-unsaturated/α-hetero) is 3. The van der Waals surface area contributed by atoms with Gasteiger partial charge in [-0.1, -0.05) is 114 Å². The third-order valence-electron chi connectivity index (χ3n) is 24.7. The summed E-state index contributed by atoms with van der Waals surface area (Å²) in [5.41, 5.74) is -0.206. The van der Waals surface area contributed by atoms with Crippen molar-refractivity contribution in [3.63, 3.8) is 0 Å². The summed E-state index contributed by atoms with van der Waals surface area (Å²) in [5, 5.41) is 97.6. The summed E-state index contributed by atoms with van der Waals surface area (Å²) in [7, 11) is 6.90. The minimum Gasteiger partial charge on any atom is -0.466 e. The normalized spacial score (nSPS) is 24.2. The molecule has 15 unspecified atom stereocenters. The highest BCUT2D eigenvalue weighted by Crippen LogP contribution is 2.40. The number of carbonyl (C=O) groups is 9. The third-order valence-corrected chi connectivity index (χ3v) is 28.0. The average molecular weight is 1930 g/mol. The standard InChI is InChI=1S/C68H123N3O24.C27H49NO7S2/c1-47-58(80)61(83)51(44-72)93-64(47)89-38-20-27-50(75)26-14-8-5-13-19-37-71-67(86)92-43-25-34-68(4,32-23-41-87-56(78)30-15-9-6-11-17-35-69-54(76)28-21-39-90-65-48(2)59(81)62(84)52(45-73)94-65)33-24-42-88-57(79)31-16-10-7-12-18-36-70-55(77)29-22-40-91-66-49(3)60(82)63(85)53(46-74)95-66;1-6-23(29)12-14-34-15-16-35-17-18-36-37-27(2,3)13-11-24(30)9-7-8-10-26(31)28-20-25(33-5)19-22(28)21-32-4/h47-49,51-53,58-66,72-74,80-85H,5-46H2,1-4H3,(H,69,76)(H,70,77)(H,71,86);22,25H,6-21H2,1-5H3/t;22-,25+/m.1/s1. The molecular weight excluding hydrogens is 1760 g/mol. The maximum Gasteiger partial charge on any atom is 0.407 e. The number of carbonyl (C=O) groups excluding carboxylic acids is 9. The number of rotatable bonds is 77. The molecule has 4 aliphatic heterocycles. The molecule has 17 atom stereocenters. The molecular formula is C95H172N4O31S2. The fourth-order valence-corrected chi connectivity index (χ4v) is 18.4. The Morgan fingerprint density at radius 1 is 0.409 bits per heavy atom. The van der Waals surface area contributed by atoms with Gasteiger partial charge in [-0.15, -0.1) is 0 Å². The highest BCUT2D eigenvalue weighted by molar-refractivity contribution is 8.77. The van der Waals surface area contributed by atoms with Crippen molar-refractivity contribution in [3.05, 3.63) is 0 Å². The van der Waals surface area contributed by atoms with Crippen molar-refractivity contribution in [1.29, 1.82) is 0 Å². The zero-order valence-corrected chi connectivity index (χ0v) is 82.7. The number of esters is 2. The number of aliphatic hydroxyl groups is 9. The van der Waals surface area contributed by atoms with E-state index in [0.29, 0.717) is 168 Å². The number of unbranched alkanes of at least 4 members (excludes halogenated alkanes) is 13. The van der Waals surface area contributed by atoms with Crippen LogP contribution in [0.25, 0.3) is 0 Å². The van der Waals surface area contributed by atoms with Crippen LogP contribution in [0.2, 0.25) is 0 Å². The van der Waals surface area contributed by atoms with Gasteiger partial charge in [0.2, 0.25) is 17.7 Å². The van der Waals surface area contributed by atoms with Gasteiger partial charge in [-0.3, -0.25) is 38.4 Å². The zero-order chi connectivity index (χ0) is 97.3. The summed E-state index contributed by atoms with van der Waals surface area (Å²) in [6.07, 6.45) is 13.3. The van der Waals surface area contributed by atoms with Crippen molar-refractivity contribution >= 4 is 74.7 Å². The Bertz CT molecular complexity index is 2860. The van der Waals surface area contributed by atoms with Gasteiger partial charge in [0.25, 0.3) is 0 Å². The SMILES string of the molecule is CC1C(OCCCC(=O)CCCCCCCNC(=O)OCCCC(C)(CCCOC(=O)CCCCCCCNC(=O)CCCOC2OC(CO)C(O)C(O)C2C)CCCOC(=O)CCCCCCCNC(=O)CCCOC2OC(CO)C(O)C(O)C2C)OC(CO)C(O)C1O.CCC(=O)CCOCCOCCSSC(C)(C)CCC(=O)CCCCC(=O)N1C[C@@H](OC)C[C@@H]1COC. The second-order valence-electron chi connectivity index (χ2n) is 36.6. The lowest BCUT2D eigenvalue weighted by molar-refractivity contribution is -0.282. The molecule has 0 aromatic rings. The van der Waals surface area contributed by atoms with E-state index in [-0.39, 0.29) is 122 Å². The van der Waals surface area contributed by atoms with E-state index in [9.17, 15) is 89.1 Å². The minimum atomic E-state index is -1.20. The van der Waals surface area contributed by atoms with Crippen LogP contribution >= 0.6 is 21.6 Å². The highest BCUT2D eigenvalue weighted by atomic mass is 33.1. The Hall–Kier alpha value is -4.43. The number of ketones is 3. The Morgan fingerprint density at radius 2 is 0.803 bits per heavy atom. The van der Waals surface area contributed by atoms with E-state index in [1.807, 2.05) is 11.8 Å². The molecule has 0 spiro atoms. The second kappa shape index (κ2) is 73.7. The number of amides is 4. The van der Waals surface area contributed by atoms with Crippen molar-refractivity contribution in [3.8, 4) is 0 Å². The van der Waals surface area contributed by atoms with Crippen LogP contribution in [0.1, 0.15) is 299 Å². The number of hydrogen-bond acceptors (Lipinski definition) is 33. The largest absolute Gasteiger partial charge is 0.466 e. The number of aliphatic hydroxyl groups excluding tert-OH is 9. The van der Waals surface area contributed by atoms with E-state index in [2.05, 4.69) is 36.7 Å². The molecule has 770 valence electrons. The number of alkyl carbamates (subject to hydrolysis) is 1. The summed E-state index contributed by atoms with van der Waals surface area (Å²) in [6, 6.07) is 0.0793. The van der Waals surface area contributed by atoms with Crippen LogP contribution in [-0.2, 0) is 99.9 Å². The Morgan fingerprint density at radius 3 is 1.25 bits per heavy atom. The molecule has 0 aliphatic carbocycles. The van der Waals surface area contributed by atoms with Gasteiger partial charge in [0.15, 0.2) is 18.9 Å². The van der Waals surface area contributed by atoms with Gasteiger partial charge in [0, 0.05) is 139 Å². The molecule has 4 amide bonds. The molecule has 4 aliphatic rings. The van der Waals surface area contributed by atoms with Gasteiger partial charge in [0.05, 0.1) is 123 Å². The maximum absolute atomic E-state index is 12.7. The first-order chi connectivity index (χ1) is 63.4. The monoisotopic (exact) mass is 1930 g/mol. The van der Waals surface area contributed by atoms with Gasteiger partial charge >= 0.3 is 18.0 Å². The smallest absolute Gasteiger partial charge is 0.407 e. The summed E-state index contributed by atoms with van der Waals surface area (Å²) < 4.78 is 72.2. The van der Waals surface area contributed by atoms with Crippen LogP contribution in [0, 0.1) is 23.2 Å². The lowest BCUT2D eigenvalue weighted by Gasteiger charge is -2.40. The second-order valence-corrected chi connectivity index (χ2v) is 39.7. The molecule has 4 rings (SSSR count). The molecule has 0 saturated carbocycles. The summed E-state index contributed by atoms with van der Waals surface area (Å²) in [5.74, 6) is -0.542. The van der Waals surface area contributed by atoms with Gasteiger partial charge in [0.1, 0.15) is 54.0 Å². The van der Waals surface area contributed by atoms with Crippen molar-refractivity contribution in [2.24, 2.45) is 23.2 Å². The van der Waals surface area contributed by atoms with Gasteiger partial charge in [-0.25, -0.2) is 4.79 Å². The first-order valence-corrected chi connectivity index (χ1v) is 51.5. The average Bonchev–Trinajstić information content (AvgIpc) is 0.864. The van der Waals surface area contributed by atoms with E-state index in [4.69, 9.17) is 61.6 Å². The van der Waals surface area contributed by atoms with Crippen LogP contribution in [0.5, 0.6) is 0 Å². The molecule has 35 nitrogen and oxygen atoms in total. The van der Waals surface area contributed by atoms with Crippen molar-refractivity contribution < 1.29 is 151 Å². The summed E-state index contributed by atoms with van der Waals surface area (Å²) in [4.78, 5) is 113. The van der Waals surface area contributed by atoms with Crippen LogP contribution < -0.4 is 16.0 Å². The molecule has 0 aromatic heterocycles. The molecule has 0 radical (unpaired) electrons. The number of ether oxygens (including phenoxy) is 13. The topological polar surface area (TPSA) is 495 Å². The predicted molar refractivity (Wildman–Crippen MR) is 499 cm³/mol. The number of methoxy groups -OCH3 is 2. The van der Waals surface area contributed by atoms with Crippen LogP contribution in [0.3, 0.4) is 0 Å². The Balaban J connectivity index is 0.00000101. The molecule has 4 saturated heterocycles. The molecule has 4 heterocycles. The molecule has 37 heteroatoms. The van der Waals surface area contributed by atoms with Gasteiger partial charge in [-0.2, -0.15) is 0 Å². The van der Waals surface area contributed by atoms with E-state index in [1.54, 1.807) is 56.6 Å². The molecule has 0 bridgehead atoms. The number of nitrogens with one attached hydrogen (secondary N) is 3. The summed E-state index contributed by atoms with van der Waals surface area (Å²) in [6.45, 7) is 18.4. The lowest BCUT2D eigenvalue weighted by atomic mass is 9.77. The Labute approximate surface area is 793 Å². The van der Waals surface area contributed by atoms with E-state index in [1.165, 1.54) is 0 Å². The van der Waals surface area contributed by atoms with E-state index >= 15 is 0 Å². The summed E-state index contributed by atoms with van der Waals surface area (Å²) >= 11 is 0. The van der Waals surface area contributed by atoms with Crippen molar-refractivity contribution in [1.82, 2.24) is 20.9 Å². The van der Waals surface area contributed by atoms with Gasteiger partial charge in [-0.05, 0) is 141 Å². The lowest BCUT2D eigenvalue weighted by Crippen LogP contribution is -2.55. The number of likely N-dealkylation sites (tertiary alicyclic amines) is 1. The van der Waals surface area contributed by atoms with Crippen molar-refractivity contribution in [2.45, 2.75) is 390 Å². The Kier molecular flexibility index (Phi) is 68.0. The van der Waals surface area contributed by atoms with Crippen LogP contribution in [0.15, 0.2) is 0 Å². The van der Waals surface area contributed by atoms with Crippen LogP contribution in [-0.4, -0.2) is 333 Å². The molecule has 4 fully saturated rings. The van der Waals surface area contributed by atoms with Crippen LogP contribution in [0.4, 0.5) is 4.79 Å². The highest BCUT2D eigenvalue weighted by Gasteiger charge is 2.45. The fourth-order valence-electron chi connectivity index (χ4n) is 16.0. The van der Waals surface area contributed by atoms with Gasteiger partial charge < -0.3 is 128 Å². The van der Waals surface area contributed by atoms with Crippen molar-refractivity contribution in [2.75, 3.05) is 139 Å². The zero-order valence-electron chi connectivity index (χ0n) is 81.1. The quantitative estimate of drug-likeness (QED) is 0.0117. The fraction of sp³-hybridized carbons (Fsp3) is 0.905. The van der Waals surface area contributed by atoms with E-state index < -0.39 is 117 Å². The third kappa shape index (κ3) is 54.2. The molecule has 12 N–H and O–H groups in total. The molecule has 132 heavy (non-hydrogen) atoms. The number of hydrogen-bond donors (Lipinski definition) is 12. The van der Waals surface area contributed by atoms with E-state index in [0.717, 1.165) is 134 Å². The molecule has 0 aromatic carbocycles. The first-order valence-electron chi connectivity index (χ1n) is 49.2. The number of nitrogens with zero attached hydrogens (tertiary/aromatic N) is 1.